The molecule has 0 spiro atoms. The van der Waals surface area contributed by atoms with E-state index in [4.69, 9.17) is 5.73 Å². The number of nitrogens with zero attached hydrogens (tertiary/aromatic N) is 3. The zero-order valence-corrected chi connectivity index (χ0v) is 10.5. The molecule has 3 heterocycles. The molecule has 0 radical (unpaired) electrons. The topological polar surface area (TPSA) is 67.1 Å². The lowest BCUT2D eigenvalue weighted by Gasteiger charge is -2.19. The van der Waals surface area contributed by atoms with Crippen LogP contribution in [0.25, 0.3) is 0 Å². The van der Waals surface area contributed by atoms with Crippen molar-refractivity contribution in [3.05, 3.63) is 11.8 Å². The fourth-order valence-electron chi connectivity index (χ4n) is 3.26. The normalized spacial score (nSPS) is 30.8. The van der Waals surface area contributed by atoms with E-state index in [0.717, 1.165) is 49.5 Å². The van der Waals surface area contributed by atoms with Crippen LogP contribution in [0.2, 0.25) is 0 Å². The van der Waals surface area contributed by atoms with E-state index in [1.807, 2.05) is 0 Å². The maximum atomic E-state index is 5.85. The number of hydrogen-bond donors (Lipinski definition) is 2. The molecule has 3 N–H and O–H groups in total. The minimum Gasteiger partial charge on any atom is -0.368 e. The van der Waals surface area contributed by atoms with Gasteiger partial charge < -0.3 is 16.0 Å². The van der Waals surface area contributed by atoms with Gasteiger partial charge in [-0.15, -0.1) is 0 Å². The average molecular weight is 245 g/mol. The molecule has 96 valence electrons. The lowest BCUT2D eigenvalue weighted by Crippen LogP contribution is -2.26. The average Bonchev–Trinajstić information content (AvgIpc) is 2.97. The molecular formula is C13H19N5. The molecule has 2 aliphatic heterocycles. The monoisotopic (exact) mass is 245 g/mol. The van der Waals surface area contributed by atoms with Crippen LogP contribution in [-0.2, 0) is 0 Å². The van der Waals surface area contributed by atoms with Crippen molar-refractivity contribution >= 4 is 11.8 Å². The standard InChI is InChI=1S/C13H19N5/c14-13-16-11(8-1-2-8)3-12(17-13)18-6-9-4-15-5-10(9)7-18/h3,8-10,15H,1-2,4-7H2,(H2,14,16,17). The van der Waals surface area contributed by atoms with Crippen molar-refractivity contribution in [3.8, 4) is 0 Å². The minimum absolute atomic E-state index is 0.435. The van der Waals surface area contributed by atoms with E-state index in [1.54, 1.807) is 0 Å². The first-order valence-electron chi connectivity index (χ1n) is 6.90. The number of fused-ring (bicyclic) bond motifs is 1. The molecule has 3 aliphatic rings. The van der Waals surface area contributed by atoms with E-state index in [9.17, 15) is 0 Å². The van der Waals surface area contributed by atoms with E-state index in [0.29, 0.717) is 11.9 Å². The summed E-state index contributed by atoms with van der Waals surface area (Å²) in [5.41, 5.74) is 6.99. The first-order valence-corrected chi connectivity index (χ1v) is 6.90. The van der Waals surface area contributed by atoms with Crippen molar-refractivity contribution in [2.75, 3.05) is 36.8 Å². The molecule has 2 atom stereocenters. The van der Waals surface area contributed by atoms with Gasteiger partial charge in [-0.1, -0.05) is 0 Å². The highest BCUT2D eigenvalue weighted by atomic mass is 15.2. The zero-order valence-electron chi connectivity index (χ0n) is 10.5. The first kappa shape index (κ1) is 10.6. The number of nitrogens with one attached hydrogen (secondary N) is 1. The van der Waals surface area contributed by atoms with Crippen LogP contribution in [-0.4, -0.2) is 36.1 Å². The highest BCUT2D eigenvalue weighted by Gasteiger charge is 2.37. The molecule has 18 heavy (non-hydrogen) atoms. The summed E-state index contributed by atoms with van der Waals surface area (Å²) in [5, 5.41) is 3.46. The molecule has 5 heteroatoms. The Bertz CT molecular complexity index is 458. The fourth-order valence-corrected chi connectivity index (χ4v) is 3.26. The van der Waals surface area contributed by atoms with Gasteiger partial charge in [0.2, 0.25) is 5.95 Å². The Morgan fingerprint density at radius 3 is 2.56 bits per heavy atom. The van der Waals surface area contributed by atoms with Gasteiger partial charge in [0.05, 0.1) is 5.69 Å². The first-order chi connectivity index (χ1) is 8.79. The van der Waals surface area contributed by atoms with E-state index >= 15 is 0 Å². The van der Waals surface area contributed by atoms with Gasteiger partial charge in [0.1, 0.15) is 5.82 Å². The Morgan fingerprint density at radius 2 is 1.89 bits per heavy atom. The Hall–Kier alpha value is -1.36. The van der Waals surface area contributed by atoms with Crippen LogP contribution < -0.4 is 16.0 Å². The second-order valence-electron chi connectivity index (χ2n) is 5.87. The van der Waals surface area contributed by atoms with Crippen LogP contribution in [0.1, 0.15) is 24.5 Å². The second-order valence-corrected chi connectivity index (χ2v) is 5.87. The van der Waals surface area contributed by atoms with Crippen LogP contribution in [0.5, 0.6) is 0 Å². The second kappa shape index (κ2) is 3.82. The van der Waals surface area contributed by atoms with Crippen LogP contribution in [0.15, 0.2) is 6.07 Å². The number of rotatable bonds is 2. The third kappa shape index (κ3) is 1.73. The fraction of sp³-hybridized carbons (Fsp3) is 0.692. The van der Waals surface area contributed by atoms with E-state index in [2.05, 4.69) is 26.3 Å². The van der Waals surface area contributed by atoms with Gasteiger partial charge in [0, 0.05) is 38.2 Å². The lowest BCUT2D eigenvalue weighted by atomic mass is 10.0. The van der Waals surface area contributed by atoms with Crippen molar-refractivity contribution in [3.63, 3.8) is 0 Å². The third-order valence-electron chi connectivity index (χ3n) is 4.46. The van der Waals surface area contributed by atoms with Gasteiger partial charge in [0.15, 0.2) is 0 Å². The molecular weight excluding hydrogens is 226 g/mol. The SMILES string of the molecule is Nc1nc(C2CC2)cc(N2CC3CNCC3C2)n1. The number of nitrogen functional groups attached to an aromatic ring is 1. The molecule has 1 aromatic heterocycles. The summed E-state index contributed by atoms with van der Waals surface area (Å²) in [4.78, 5) is 11.2. The number of hydrogen-bond acceptors (Lipinski definition) is 5. The molecule has 2 saturated heterocycles. The van der Waals surface area contributed by atoms with Crippen molar-refractivity contribution in [2.24, 2.45) is 11.8 Å². The minimum atomic E-state index is 0.435. The predicted octanol–water partition coefficient (Wildman–Crippen LogP) is 0.592. The van der Waals surface area contributed by atoms with Crippen LogP contribution in [0.4, 0.5) is 11.8 Å². The van der Waals surface area contributed by atoms with Crippen LogP contribution in [0.3, 0.4) is 0 Å². The van der Waals surface area contributed by atoms with Crippen LogP contribution >= 0.6 is 0 Å². The molecule has 0 aromatic carbocycles. The number of anilines is 2. The molecule has 2 unspecified atom stereocenters. The molecule has 1 saturated carbocycles. The summed E-state index contributed by atoms with van der Waals surface area (Å²) in [6, 6.07) is 2.16. The Balaban J connectivity index is 1.60. The van der Waals surface area contributed by atoms with Crippen molar-refractivity contribution in [1.29, 1.82) is 0 Å². The summed E-state index contributed by atoms with van der Waals surface area (Å²) in [7, 11) is 0. The number of nitrogens with two attached hydrogens (primary N) is 1. The maximum absolute atomic E-state index is 5.85. The molecule has 4 rings (SSSR count). The van der Waals surface area contributed by atoms with Crippen molar-refractivity contribution < 1.29 is 0 Å². The largest absolute Gasteiger partial charge is 0.368 e. The van der Waals surface area contributed by atoms with Crippen LogP contribution in [0, 0.1) is 11.8 Å². The summed E-state index contributed by atoms with van der Waals surface area (Å²) >= 11 is 0. The molecule has 1 aromatic rings. The zero-order chi connectivity index (χ0) is 12.1. The van der Waals surface area contributed by atoms with E-state index < -0.39 is 0 Å². The van der Waals surface area contributed by atoms with Gasteiger partial charge in [-0.25, -0.2) is 4.98 Å². The van der Waals surface area contributed by atoms with Gasteiger partial charge in [-0.3, -0.25) is 0 Å². The third-order valence-corrected chi connectivity index (χ3v) is 4.46. The summed E-state index contributed by atoms with van der Waals surface area (Å²) in [6.45, 7) is 4.52. The smallest absolute Gasteiger partial charge is 0.222 e. The van der Waals surface area contributed by atoms with E-state index in [-0.39, 0.29) is 0 Å². The Labute approximate surface area is 107 Å². The molecule has 1 aliphatic carbocycles. The molecule has 0 bridgehead atoms. The van der Waals surface area contributed by atoms with Gasteiger partial charge in [0.25, 0.3) is 0 Å². The van der Waals surface area contributed by atoms with Gasteiger partial charge >= 0.3 is 0 Å². The van der Waals surface area contributed by atoms with Gasteiger partial charge in [-0.2, -0.15) is 4.98 Å². The number of aromatic nitrogens is 2. The highest BCUT2D eigenvalue weighted by molar-refractivity contribution is 5.46. The Kier molecular flexibility index (Phi) is 2.24. The van der Waals surface area contributed by atoms with Gasteiger partial charge in [-0.05, 0) is 24.7 Å². The molecule has 0 amide bonds. The van der Waals surface area contributed by atoms with Crippen molar-refractivity contribution in [1.82, 2.24) is 15.3 Å². The molecule has 3 fully saturated rings. The lowest BCUT2D eigenvalue weighted by molar-refractivity contribution is 0.533. The molecule has 5 nitrogen and oxygen atoms in total. The summed E-state index contributed by atoms with van der Waals surface area (Å²) < 4.78 is 0. The quantitative estimate of drug-likeness (QED) is 0.798. The summed E-state index contributed by atoms with van der Waals surface area (Å²) in [5.74, 6) is 3.68. The maximum Gasteiger partial charge on any atom is 0.222 e. The Morgan fingerprint density at radius 1 is 1.17 bits per heavy atom. The highest BCUT2D eigenvalue weighted by Crippen LogP contribution is 2.40. The predicted molar refractivity (Wildman–Crippen MR) is 70.5 cm³/mol. The van der Waals surface area contributed by atoms with E-state index in [1.165, 1.54) is 12.8 Å². The van der Waals surface area contributed by atoms with Crippen molar-refractivity contribution in [2.45, 2.75) is 18.8 Å². The summed E-state index contributed by atoms with van der Waals surface area (Å²) in [6.07, 6.45) is 2.51.